The summed E-state index contributed by atoms with van der Waals surface area (Å²) in [6.45, 7) is 3.95. The maximum Gasteiger partial charge on any atom is 0.305 e. The molecular formula is C10H16O6. The van der Waals surface area contributed by atoms with Gasteiger partial charge in [-0.25, -0.2) is 0 Å². The largest absolute Gasteiger partial charge is 0.466 e. The van der Waals surface area contributed by atoms with Crippen molar-refractivity contribution in [2.45, 2.75) is 39.9 Å². The lowest BCUT2D eigenvalue weighted by Crippen LogP contribution is -2.23. The molecule has 0 saturated heterocycles. The zero-order valence-electron chi connectivity index (χ0n) is 9.65. The van der Waals surface area contributed by atoms with Crippen LogP contribution in [0.4, 0.5) is 0 Å². The van der Waals surface area contributed by atoms with Gasteiger partial charge in [0, 0.05) is 27.2 Å². The van der Waals surface area contributed by atoms with Gasteiger partial charge in [-0.1, -0.05) is 0 Å². The van der Waals surface area contributed by atoms with Crippen LogP contribution in [0.25, 0.3) is 0 Å². The summed E-state index contributed by atoms with van der Waals surface area (Å²) in [7, 11) is 0. The van der Waals surface area contributed by atoms with Crippen molar-refractivity contribution in [1.29, 1.82) is 0 Å². The van der Waals surface area contributed by atoms with Crippen LogP contribution in [0.1, 0.15) is 33.6 Å². The minimum atomic E-state index is -0.912. The predicted molar refractivity (Wildman–Crippen MR) is 53.2 cm³/mol. The molecule has 6 nitrogen and oxygen atoms in total. The molecule has 0 rings (SSSR count). The summed E-state index contributed by atoms with van der Waals surface area (Å²) in [5.41, 5.74) is 0. The van der Waals surface area contributed by atoms with E-state index >= 15 is 0 Å². The van der Waals surface area contributed by atoms with E-state index in [1.165, 1.54) is 20.8 Å². The van der Waals surface area contributed by atoms with E-state index in [0.717, 1.165) is 0 Å². The van der Waals surface area contributed by atoms with Gasteiger partial charge in [0.2, 0.25) is 6.29 Å². The second-order valence-corrected chi connectivity index (χ2v) is 3.13. The minimum absolute atomic E-state index is 0.203. The molecule has 0 aliphatic heterocycles. The normalized spacial score (nSPS) is 9.75. The third kappa shape index (κ3) is 8.98. The lowest BCUT2D eigenvalue weighted by Gasteiger charge is -2.16. The van der Waals surface area contributed by atoms with E-state index in [9.17, 15) is 14.4 Å². The van der Waals surface area contributed by atoms with Gasteiger partial charge in [0.05, 0.1) is 6.61 Å². The summed E-state index contributed by atoms with van der Waals surface area (Å²) in [6.07, 6.45) is -0.164. The second-order valence-electron chi connectivity index (χ2n) is 3.13. The standard InChI is InChI=1S/C10H16O6/c1-7(11)14-6-4-5-10(15-8(2)12)16-9(3)13/h10H,4-6H2,1-3H3. The maximum atomic E-state index is 10.7. The van der Waals surface area contributed by atoms with Crippen LogP contribution >= 0.6 is 0 Å². The van der Waals surface area contributed by atoms with Gasteiger partial charge >= 0.3 is 17.9 Å². The van der Waals surface area contributed by atoms with Gasteiger partial charge in [-0.2, -0.15) is 0 Å². The molecule has 0 saturated carbocycles. The summed E-state index contributed by atoms with van der Waals surface area (Å²) in [6, 6.07) is 0. The van der Waals surface area contributed by atoms with Gasteiger partial charge < -0.3 is 14.2 Å². The zero-order chi connectivity index (χ0) is 12.6. The molecular weight excluding hydrogens is 216 g/mol. The third-order valence-electron chi connectivity index (χ3n) is 1.48. The number of carbonyl (C=O) groups excluding carboxylic acids is 3. The molecule has 0 aromatic carbocycles. The van der Waals surface area contributed by atoms with Crippen molar-refractivity contribution in [2.24, 2.45) is 0 Å². The minimum Gasteiger partial charge on any atom is -0.466 e. The number of esters is 3. The van der Waals surface area contributed by atoms with Crippen molar-refractivity contribution in [3.63, 3.8) is 0 Å². The van der Waals surface area contributed by atoms with Crippen molar-refractivity contribution in [3.8, 4) is 0 Å². The number of rotatable bonds is 6. The Bertz CT molecular complexity index is 244. The van der Waals surface area contributed by atoms with E-state index in [2.05, 4.69) is 4.74 Å². The van der Waals surface area contributed by atoms with Gasteiger partial charge in [-0.05, 0) is 6.42 Å². The molecule has 0 unspecified atom stereocenters. The Labute approximate surface area is 93.8 Å². The van der Waals surface area contributed by atoms with Crippen LogP contribution < -0.4 is 0 Å². The molecule has 6 heteroatoms. The Morgan fingerprint density at radius 3 is 1.81 bits per heavy atom. The van der Waals surface area contributed by atoms with Crippen molar-refractivity contribution < 1.29 is 28.6 Å². The summed E-state index contributed by atoms with van der Waals surface area (Å²) in [5, 5.41) is 0. The van der Waals surface area contributed by atoms with Crippen LogP contribution in [0.5, 0.6) is 0 Å². The molecule has 0 heterocycles. The van der Waals surface area contributed by atoms with Crippen LogP contribution in [-0.2, 0) is 28.6 Å². The fourth-order valence-electron chi connectivity index (χ4n) is 0.978. The Kier molecular flexibility index (Phi) is 6.91. The summed E-state index contributed by atoms with van der Waals surface area (Å²) < 4.78 is 14.2. The quantitative estimate of drug-likeness (QED) is 0.382. The maximum absolute atomic E-state index is 10.7. The van der Waals surface area contributed by atoms with E-state index in [1.807, 2.05) is 0 Å². The zero-order valence-corrected chi connectivity index (χ0v) is 9.65. The average molecular weight is 232 g/mol. The topological polar surface area (TPSA) is 78.9 Å². The van der Waals surface area contributed by atoms with E-state index in [0.29, 0.717) is 12.8 Å². The van der Waals surface area contributed by atoms with Crippen molar-refractivity contribution in [2.75, 3.05) is 6.61 Å². The monoisotopic (exact) mass is 232 g/mol. The number of hydrogen-bond donors (Lipinski definition) is 0. The van der Waals surface area contributed by atoms with Gasteiger partial charge in [0.15, 0.2) is 0 Å². The Morgan fingerprint density at radius 2 is 1.44 bits per heavy atom. The molecule has 92 valence electrons. The van der Waals surface area contributed by atoms with Crippen molar-refractivity contribution in [3.05, 3.63) is 0 Å². The second kappa shape index (κ2) is 7.67. The molecule has 0 aliphatic rings. The Hall–Kier alpha value is -1.59. The molecule has 0 aromatic heterocycles. The smallest absolute Gasteiger partial charge is 0.305 e. The average Bonchev–Trinajstić information content (AvgIpc) is 2.09. The van der Waals surface area contributed by atoms with Crippen LogP contribution in [0, 0.1) is 0 Å². The van der Waals surface area contributed by atoms with Crippen molar-refractivity contribution >= 4 is 17.9 Å². The van der Waals surface area contributed by atoms with E-state index < -0.39 is 18.2 Å². The molecule has 0 bridgehead atoms. The first kappa shape index (κ1) is 14.4. The summed E-state index contributed by atoms with van der Waals surface area (Å²) in [4.78, 5) is 31.8. The SMILES string of the molecule is CC(=O)OCCCC(OC(C)=O)OC(C)=O. The fraction of sp³-hybridized carbons (Fsp3) is 0.700. The molecule has 0 N–H and O–H groups in total. The van der Waals surface area contributed by atoms with Crippen LogP contribution in [0.3, 0.4) is 0 Å². The fourth-order valence-corrected chi connectivity index (χ4v) is 0.978. The van der Waals surface area contributed by atoms with Gasteiger partial charge in [0.1, 0.15) is 0 Å². The predicted octanol–water partition coefficient (Wildman–Crippen LogP) is 0.782. The summed E-state index contributed by atoms with van der Waals surface area (Å²) in [5.74, 6) is -1.44. The lowest BCUT2D eigenvalue weighted by molar-refractivity contribution is -0.186. The number of ether oxygens (including phenoxy) is 3. The molecule has 0 spiro atoms. The molecule has 0 radical (unpaired) electrons. The first-order valence-electron chi connectivity index (χ1n) is 4.89. The number of hydrogen-bond acceptors (Lipinski definition) is 6. The first-order chi connectivity index (χ1) is 7.41. The highest BCUT2D eigenvalue weighted by Gasteiger charge is 2.14. The van der Waals surface area contributed by atoms with Crippen LogP contribution in [0.15, 0.2) is 0 Å². The molecule has 0 aromatic rings. The van der Waals surface area contributed by atoms with Crippen LogP contribution in [0.2, 0.25) is 0 Å². The molecule has 0 aliphatic carbocycles. The highest BCUT2D eigenvalue weighted by Crippen LogP contribution is 2.05. The highest BCUT2D eigenvalue weighted by atomic mass is 16.7. The summed E-state index contributed by atoms with van der Waals surface area (Å²) >= 11 is 0. The lowest BCUT2D eigenvalue weighted by atomic mass is 10.3. The highest BCUT2D eigenvalue weighted by molar-refractivity contribution is 5.68. The molecule has 0 amide bonds. The third-order valence-corrected chi connectivity index (χ3v) is 1.48. The van der Waals surface area contributed by atoms with Gasteiger partial charge in [-0.3, -0.25) is 14.4 Å². The van der Waals surface area contributed by atoms with Gasteiger partial charge in [-0.15, -0.1) is 0 Å². The van der Waals surface area contributed by atoms with Crippen LogP contribution in [-0.4, -0.2) is 30.8 Å². The molecule has 0 fully saturated rings. The van der Waals surface area contributed by atoms with E-state index in [1.54, 1.807) is 0 Å². The van der Waals surface area contributed by atoms with E-state index in [-0.39, 0.29) is 12.6 Å². The Morgan fingerprint density at radius 1 is 0.938 bits per heavy atom. The van der Waals surface area contributed by atoms with Gasteiger partial charge in [0.25, 0.3) is 0 Å². The Balaban J connectivity index is 3.86. The molecule has 16 heavy (non-hydrogen) atoms. The first-order valence-corrected chi connectivity index (χ1v) is 4.89. The molecule has 0 atom stereocenters. The number of carbonyl (C=O) groups is 3. The van der Waals surface area contributed by atoms with E-state index in [4.69, 9.17) is 9.47 Å². The van der Waals surface area contributed by atoms with Crippen molar-refractivity contribution in [1.82, 2.24) is 0 Å².